The molecule has 0 aromatic heterocycles. The molecular weight excluding hydrogens is 704 g/mol. The summed E-state index contributed by atoms with van der Waals surface area (Å²) < 4.78 is 30.4. The second-order valence-corrected chi connectivity index (χ2v) is 14.2. The maximum Gasteiger partial charge on any atom is 0.339 e. The second-order valence-electron chi connectivity index (χ2n) is 14.2. The Kier molecular flexibility index (Phi) is 11.6. The lowest BCUT2D eigenvalue weighted by atomic mass is 9.91. The minimum atomic E-state index is -1.58. The van der Waals surface area contributed by atoms with Gasteiger partial charge in [-0.3, -0.25) is 9.59 Å². The molecule has 0 radical (unpaired) electrons. The van der Waals surface area contributed by atoms with Gasteiger partial charge in [0.25, 0.3) is 0 Å². The molecule has 3 saturated heterocycles. The Labute approximate surface area is 311 Å². The first kappa shape index (κ1) is 38.3. The first-order valence-electron chi connectivity index (χ1n) is 18.3. The number of likely N-dealkylation sites (tertiary alicyclic amines) is 1. The van der Waals surface area contributed by atoms with E-state index in [-0.39, 0.29) is 43.6 Å². The van der Waals surface area contributed by atoms with E-state index < -0.39 is 73.4 Å². The van der Waals surface area contributed by atoms with E-state index in [2.05, 4.69) is 5.32 Å². The Hall–Kier alpha value is -4.03. The van der Waals surface area contributed by atoms with Gasteiger partial charge in [-0.05, 0) is 41.7 Å². The number of benzene rings is 2. The highest BCUT2D eigenvalue weighted by molar-refractivity contribution is 5.98. The third-order valence-corrected chi connectivity index (χ3v) is 10.7. The maximum absolute atomic E-state index is 14.1. The van der Waals surface area contributed by atoms with Crippen LogP contribution in [0.15, 0.2) is 66.3 Å². The smallest absolute Gasteiger partial charge is 0.339 e. The molecule has 3 aliphatic heterocycles. The minimum absolute atomic E-state index is 0.0323. The number of ether oxygens (including phenoxy) is 5. The number of aliphatic hydroxyl groups is 5. The summed E-state index contributed by atoms with van der Waals surface area (Å²) in [5.74, 6) is -2.35. The minimum Gasteiger partial charge on any atom is -0.456 e. The van der Waals surface area contributed by atoms with Gasteiger partial charge in [-0.2, -0.15) is 0 Å². The van der Waals surface area contributed by atoms with E-state index >= 15 is 0 Å². The van der Waals surface area contributed by atoms with Gasteiger partial charge >= 0.3 is 5.97 Å². The summed E-state index contributed by atoms with van der Waals surface area (Å²) >= 11 is 0. The average Bonchev–Trinajstić information content (AvgIpc) is 3.91. The zero-order valence-electron chi connectivity index (χ0n) is 29.6. The van der Waals surface area contributed by atoms with Crippen LogP contribution in [0, 0.1) is 0 Å². The van der Waals surface area contributed by atoms with Crippen molar-refractivity contribution in [2.45, 2.75) is 93.0 Å². The molecule has 1 spiro atoms. The van der Waals surface area contributed by atoms with E-state index in [1.165, 1.54) is 4.90 Å². The van der Waals surface area contributed by atoms with Crippen LogP contribution in [0.5, 0.6) is 0 Å². The molecule has 0 saturated carbocycles. The van der Waals surface area contributed by atoms with Crippen molar-refractivity contribution in [1.82, 2.24) is 10.2 Å². The van der Waals surface area contributed by atoms with E-state index in [0.29, 0.717) is 43.4 Å². The highest BCUT2D eigenvalue weighted by Crippen LogP contribution is 2.45. The van der Waals surface area contributed by atoms with Crippen molar-refractivity contribution >= 4 is 23.9 Å². The van der Waals surface area contributed by atoms with Crippen LogP contribution < -0.4 is 5.32 Å². The predicted octanol–water partition coefficient (Wildman–Crippen LogP) is -0.250. The summed E-state index contributed by atoms with van der Waals surface area (Å²) in [4.78, 5) is 42.4. The van der Waals surface area contributed by atoms with Gasteiger partial charge in [0.15, 0.2) is 12.1 Å². The number of nitrogens with zero attached hydrogens (tertiary/aromatic N) is 1. The second kappa shape index (κ2) is 16.4. The van der Waals surface area contributed by atoms with E-state index in [0.717, 1.165) is 11.1 Å². The van der Waals surface area contributed by atoms with Gasteiger partial charge in [0, 0.05) is 37.9 Å². The van der Waals surface area contributed by atoms with Crippen LogP contribution in [0.3, 0.4) is 0 Å². The average molecular weight is 751 g/mol. The fourth-order valence-electron chi connectivity index (χ4n) is 7.98. The highest BCUT2D eigenvalue weighted by Gasteiger charge is 2.55. The van der Waals surface area contributed by atoms with Crippen LogP contribution >= 0.6 is 0 Å². The summed E-state index contributed by atoms with van der Waals surface area (Å²) in [7, 11) is 0. The summed E-state index contributed by atoms with van der Waals surface area (Å²) in [5.41, 5.74) is 3.25. The molecule has 2 amide bonds. The number of amides is 2. The number of aliphatic hydroxyl groups excluding tert-OH is 5. The van der Waals surface area contributed by atoms with Crippen LogP contribution in [0.25, 0.3) is 6.08 Å². The lowest BCUT2D eigenvalue weighted by Crippen LogP contribution is -2.59. The van der Waals surface area contributed by atoms with Gasteiger partial charge in [0.1, 0.15) is 48.8 Å². The molecule has 2 aliphatic carbocycles. The topological polar surface area (TPSA) is 214 Å². The predicted molar refractivity (Wildman–Crippen MR) is 188 cm³/mol. The molecule has 2 aromatic carbocycles. The molecule has 3 fully saturated rings. The van der Waals surface area contributed by atoms with Crippen LogP contribution in [-0.2, 0) is 46.1 Å². The Morgan fingerprint density at radius 2 is 1.70 bits per heavy atom. The van der Waals surface area contributed by atoms with Crippen molar-refractivity contribution < 1.29 is 63.6 Å². The summed E-state index contributed by atoms with van der Waals surface area (Å²) in [6.07, 6.45) is -2.32. The summed E-state index contributed by atoms with van der Waals surface area (Å²) in [6.45, 7) is -0.454. The standard InChI is InChI=1S/C39H46N2O13/c42-15-13-40-35(47)27-12-5-14-41(27)36(48)25-17-28(34-29(18-25)53-39(54-34)19-23-8-1-2-9-24(23)20-39)51-37(49)26-11-4-3-7-22(26)10-6-16-50-38-33(46)32(45)31(44)30(21-43)52-38/h1-4,6-11,18,27-34,38,42-46H,5,12-17,19-21H2,(H,40,47). The Balaban J connectivity index is 1.08. The SMILES string of the molecule is O=C(OC1CC(C(=O)N2CCCC2C(=O)NCCO)=CC2OC3(Cc4ccccc4C3)OC21)c1ccccc1C=CCOC1OC(CO)C(O)C(O)C1O. The zero-order chi connectivity index (χ0) is 38.0. The Bertz CT molecular complexity index is 1740. The molecule has 5 aliphatic rings. The van der Waals surface area contributed by atoms with Crippen molar-refractivity contribution in [3.63, 3.8) is 0 Å². The molecule has 9 atom stereocenters. The number of carbonyl (C=O) groups is 3. The number of carbonyl (C=O) groups excluding carboxylic acids is 3. The Morgan fingerprint density at radius 1 is 0.963 bits per heavy atom. The first-order valence-corrected chi connectivity index (χ1v) is 18.3. The molecule has 6 N–H and O–H groups in total. The highest BCUT2D eigenvalue weighted by atomic mass is 16.8. The number of rotatable bonds is 11. The molecular formula is C39H46N2O13. The molecule has 9 unspecified atom stereocenters. The first-order chi connectivity index (χ1) is 26.1. The Morgan fingerprint density at radius 3 is 2.44 bits per heavy atom. The van der Waals surface area contributed by atoms with Gasteiger partial charge in [-0.25, -0.2) is 4.79 Å². The normalized spacial score (nSPS) is 31.3. The molecule has 2 aromatic rings. The number of fused-ring (bicyclic) bond motifs is 2. The number of hydrogen-bond donors (Lipinski definition) is 6. The third kappa shape index (κ3) is 7.74. The van der Waals surface area contributed by atoms with Crippen molar-refractivity contribution in [2.24, 2.45) is 0 Å². The molecule has 3 heterocycles. The van der Waals surface area contributed by atoms with E-state index in [4.69, 9.17) is 23.7 Å². The lowest BCUT2D eigenvalue weighted by molar-refractivity contribution is -0.298. The number of hydrogen-bond acceptors (Lipinski definition) is 13. The van der Waals surface area contributed by atoms with Crippen LogP contribution in [0.4, 0.5) is 0 Å². The number of esters is 1. The largest absolute Gasteiger partial charge is 0.456 e. The molecule has 54 heavy (non-hydrogen) atoms. The van der Waals surface area contributed by atoms with Crippen LogP contribution in [-0.4, -0.2) is 142 Å². The quantitative estimate of drug-likeness (QED) is 0.164. The van der Waals surface area contributed by atoms with E-state index in [1.807, 2.05) is 24.3 Å². The number of nitrogens with one attached hydrogen (secondary N) is 1. The maximum atomic E-state index is 14.1. The summed E-state index contributed by atoms with van der Waals surface area (Å²) in [6, 6.07) is 14.0. The van der Waals surface area contributed by atoms with Crippen molar-refractivity contribution in [1.29, 1.82) is 0 Å². The monoisotopic (exact) mass is 750 g/mol. The fraction of sp³-hybridized carbons (Fsp3) is 0.513. The van der Waals surface area contributed by atoms with Gasteiger partial charge in [-0.15, -0.1) is 0 Å². The third-order valence-electron chi connectivity index (χ3n) is 10.7. The molecule has 0 bridgehead atoms. The van der Waals surface area contributed by atoms with Gasteiger partial charge in [0.2, 0.25) is 11.8 Å². The van der Waals surface area contributed by atoms with Crippen molar-refractivity contribution in [3.8, 4) is 0 Å². The van der Waals surface area contributed by atoms with Crippen LogP contribution in [0.2, 0.25) is 0 Å². The molecule has 15 heteroatoms. The lowest BCUT2D eigenvalue weighted by Gasteiger charge is -2.39. The van der Waals surface area contributed by atoms with Gasteiger partial charge in [0.05, 0.1) is 25.4 Å². The van der Waals surface area contributed by atoms with Crippen molar-refractivity contribution in [3.05, 3.63) is 88.5 Å². The molecule has 290 valence electrons. The van der Waals surface area contributed by atoms with Gasteiger partial charge in [-0.1, -0.05) is 54.6 Å². The fourth-order valence-corrected chi connectivity index (χ4v) is 7.98. The van der Waals surface area contributed by atoms with E-state index in [1.54, 1.807) is 42.5 Å². The zero-order valence-corrected chi connectivity index (χ0v) is 29.6. The van der Waals surface area contributed by atoms with E-state index in [9.17, 15) is 39.9 Å². The molecule has 15 nitrogen and oxygen atoms in total. The van der Waals surface area contributed by atoms with Crippen LogP contribution in [0.1, 0.15) is 46.3 Å². The van der Waals surface area contributed by atoms with Gasteiger partial charge < -0.3 is 59.4 Å². The summed E-state index contributed by atoms with van der Waals surface area (Å²) in [5, 5.41) is 51.6. The molecule has 7 rings (SSSR count). The van der Waals surface area contributed by atoms with Crippen molar-refractivity contribution in [2.75, 3.05) is 32.9 Å².